The van der Waals surface area contributed by atoms with Crippen molar-refractivity contribution in [2.45, 2.75) is 51.0 Å². The van der Waals surface area contributed by atoms with E-state index in [1.54, 1.807) is 6.92 Å². The maximum absolute atomic E-state index is 12.7. The average molecular weight is 301 g/mol. The van der Waals surface area contributed by atoms with Crippen LogP contribution < -0.4 is 0 Å². The SMILES string of the molecule is CCCC1CCN(S(=O)(=O)c2c(CO)n[nH]c2C)CC1. The number of aliphatic hydroxyl groups excluding tert-OH is 1. The van der Waals surface area contributed by atoms with Crippen LogP contribution in [-0.2, 0) is 16.6 Å². The fourth-order valence-electron chi connectivity index (χ4n) is 2.89. The van der Waals surface area contributed by atoms with Crippen molar-refractivity contribution in [3.63, 3.8) is 0 Å². The number of H-pyrrole nitrogens is 1. The summed E-state index contributed by atoms with van der Waals surface area (Å²) in [6, 6.07) is 0. The zero-order valence-corrected chi connectivity index (χ0v) is 12.9. The Morgan fingerprint density at radius 3 is 2.60 bits per heavy atom. The molecule has 114 valence electrons. The van der Waals surface area contributed by atoms with Gasteiger partial charge in [0, 0.05) is 13.1 Å². The van der Waals surface area contributed by atoms with Gasteiger partial charge in [0.15, 0.2) is 0 Å². The first-order valence-corrected chi connectivity index (χ1v) is 8.59. The lowest BCUT2D eigenvalue weighted by molar-refractivity contribution is 0.259. The first kappa shape index (κ1) is 15.5. The molecule has 0 aromatic carbocycles. The van der Waals surface area contributed by atoms with Crippen LogP contribution in [0.1, 0.15) is 44.0 Å². The minimum Gasteiger partial charge on any atom is -0.390 e. The van der Waals surface area contributed by atoms with Crippen LogP contribution in [-0.4, -0.2) is 41.1 Å². The summed E-state index contributed by atoms with van der Waals surface area (Å²) in [6.45, 7) is 4.57. The van der Waals surface area contributed by atoms with Gasteiger partial charge in [-0.25, -0.2) is 8.42 Å². The number of piperidine rings is 1. The van der Waals surface area contributed by atoms with Gasteiger partial charge < -0.3 is 5.11 Å². The third kappa shape index (κ3) is 2.89. The van der Waals surface area contributed by atoms with Gasteiger partial charge in [-0.1, -0.05) is 19.8 Å². The van der Waals surface area contributed by atoms with E-state index in [-0.39, 0.29) is 17.2 Å². The Kier molecular flexibility index (Phi) is 4.82. The molecule has 1 aliphatic heterocycles. The van der Waals surface area contributed by atoms with Crippen LogP contribution in [0.5, 0.6) is 0 Å². The lowest BCUT2D eigenvalue weighted by Crippen LogP contribution is -2.38. The van der Waals surface area contributed by atoms with Gasteiger partial charge in [0.2, 0.25) is 10.0 Å². The molecule has 1 aromatic heterocycles. The quantitative estimate of drug-likeness (QED) is 0.861. The Morgan fingerprint density at radius 2 is 2.05 bits per heavy atom. The predicted octanol–water partition coefficient (Wildman–Crippen LogP) is 1.41. The van der Waals surface area contributed by atoms with Crippen molar-refractivity contribution in [2.75, 3.05) is 13.1 Å². The Bertz CT molecular complexity index is 545. The lowest BCUT2D eigenvalue weighted by Gasteiger charge is -2.31. The molecule has 0 spiro atoms. The molecule has 20 heavy (non-hydrogen) atoms. The van der Waals surface area contributed by atoms with E-state index in [1.165, 1.54) is 10.7 Å². The van der Waals surface area contributed by atoms with Gasteiger partial charge in [0.25, 0.3) is 0 Å². The molecule has 2 N–H and O–H groups in total. The van der Waals surface area contributed by atoms with Crippen LogP contribution in [0.3, 0.4) is 0 Å². The van der Waals surface area contributed by atoms with E-state index < -0.39 is 10.0 Å². The molecule has 0 atom stereocenters. The Hall–Kier alpha value is -0.920. The van der Waals surface area contributed by atoms with E-state index in [4.69, 9.17) is 0 Å². The third-order valence-corrected chi connectivity index (χ3v) is 6.08. The third-order valence-electron chi connectivity index (χ3n) is 3.98. The highest BCUT2D eigenvalue weighted by atomic mass is 32.2. The van der Waals surface area contributed by atoms with Crippen molar-refractivity contribution in [1.82, 2.24) is 14.5 Å². The van der Waals surface area contributed by atoms with E-state index >= 15 is 0 Å². The second-order valence-electron chi connectivity index (χ2n) is 5.42. The Labute approximate surface area is 120 Å². The molecule has 0 radical (unpaired) electrons. The molecule has 7 heteroatoms. The van der Waals surface area contributed by atoms with Crippen LogP contribution in [0.2, 0.25) is 0 Å². The van der Waals surface area contributed by atoms with Crippen LogP contribution in [0.15, 0.2) is 4.90 Å². The Balaban J connectivity index is 2.18. The monoisotopic (exact) mass is 301 g/mol. The fourth-order valence-corrected chi connectivity index (χ4v) is 4.68. The van der Waals surface area contributed by atoms with E-state index in [9.17, 15) is 13.5 Å². The highest BCUT2D eigenvalue weighted by Crippen LogP contribution is 2.28. The molecule has 6 nitrogen and oxygen atoms in total. The van der Waals surface area contributed by atoms with Gasteiger partial charge >= 0.3 is 0 Å². The molecule has 2 rings (SSSR count). The number of aromatic nitrogens is 2. The van der Waals surface area contributed by atoms with Crippen molar-refractivity contribution in [3.05, 3.63) is 11.4 Å². The maximum Gasteiger partial charge on any atom is 0.246 e. The zero-order chi connectivity index (χ0) is 14.8. The van der Waals surface area contributed by atoms with Gasteiger partial charge in [-0.15, -0.1) is 0 Å². The Morgan fingerprint density at radius 1 is 1.40 bits per heavy atom. The smallest absolute Gasteiger partial charge is 0.246 e. The van der Waals surface area contributed by atoms with Crippen molar-refractivity contribution in [3.8, 4) is 0 Å². The molecule has 0 saturated carbocycles. The highest BCUT2D eigenvalue weighted by Gasteiger charge is 2.33. The molecule has 1 aromatic rings. The summed E-state index contributed by atoms with van der Waals surface area (Å²) < 4.78 is 26.9. The second-order valence-corrected chi connectivity index (χ2v) is 7.29. The first-order chi connectivity index (χ1) is 9.50. The van der Waals surface area contributed by atoms with Crippen LogP contribution in [0.25, 0.3) is 0 Å². The second kappa shape index (κ2) is 6.24. The molecule has 2 heterocycles. The number of nitrogens with zero attached hydrogens (tertiary/aromatic N) is 2. The highest BCUT2D eigenvalue weighted by molar-refractivity contribution is 7.89. The van der Waals surface area contributed by atoms with Crippen molar-refractivity contribution < 1.29 is 13.5 Å². The molecular weight excluding hydrogens is 278 g/mol. The summed E-state index contributed by atoms with van der Waals surface area (Å²) in [4.78, 5) is 0.147. The zero-order valence-electron chi connectivity index (χ0n) is 12.1. The topological polar surface area (TPSA) is 86.3 Å². The van der Waals surface area contributed by atoms with Gasteiger partial charge in [0.1, 0.15) is 10.6 Å². The number of sulfonamides is 1. The van der Waals surface area contributed by atoms with E-state index in [0.29, 0.717) is 24.7 Å². The summed E-state index contributed by atoms with van der Waals surface area (Å²) in [5, 5.41) is 15.7. The molecule has 1 saturated heterocycles. The number of aryl methyl sites for hydroxylation is 1. The molecule has 0 aliphatic carbocycles. The average Bonchev–Trinajstić information content (AvgIpc) is 2.81. The summed E-state index contributed by atoms with van der Waals surface area (Å²) in [6.07, 6.45) is 4.14. The minimum atomic E-state index is -3.55. The summed E-state index contributed by atoms with van der Waals surface area (Å²) in [5.41, 5.74) is 0.697. The summed E-state index contributed by atoms with van der Waals surface area (Å²) in [5.74, 6) is 0.634. The standard InChI is InChI=1S/C13H23N3O3S/c1-3-4-11-5-7-16(8-6-11)20(18,19)13-10(2)14-15-12(13)9-17/h11,17H,3-9H2,1-2H3,(H,14,15). The lowest BCUT2D eigenvalue weighted by atomic mass is 9.94. The fraction of sp³-hybridized carbons (Fsp3) is 0.769. The number of nitrogens with one attached hydrogen (secondary N) is 1. The van der Waals surface area contributed by atoms with Crippen molar-refractivity contribution in [2.24, 2.45) is 5.92 Å². The predicted molar refractivity (Wildman–Crippen MR) is 75.6 cm³/mol. The minimum absolute atomic E-state index is 0.147. The van der Waals surface area contributed by atoms with Gasteiger partial charge in [-0.3, -0.25) is 5.10 Å². The van der Waals surface area contributed by atoms with Gasteiger partial charge in [-0.05, 0) is 25.7 Å². The molecule has 0 unspecified atom stereocenters. The van der Waals surface area contributed by atoms with Crippen LogP contribution >= 0.6 is 0 Å². The van der Waals surface area contributed by atoms with Crippen molar-refractivity contribution >= 4 is 10.0 Å². The molecule has 0 amide bonds. The molecule has 1 fully saturated rings. The largest absolute Gasteiger partial charge is 0.390 e. The van der Waals surface area contributed by atoms with Crippen molar-refractivity contribution in [1.29, 1.82) is 0 Å². The normalized spacial score (nSPS) is 18.6. The van der Waals surface area contributed by atoms with Gasteiger partial charge in [-0.2, -0.15) is 9.40 Å². The van der Waals surface area contributed by atoms with Gasteiger partial charge in [0.05, 0.1) is 12.3 Å². The first-order valence-electron chi connectivity index (χ1n) is 7.15. The number of hydrogen-bond acceptors (Lipinski definition) is 4. The number of rotatable bonds is 5. The summed E-state index contributed by atoms with van der Waals surface area (Å²) in [7, 11) is -3.55. The van der Waals surface area contributed by atoms with E-state index in [2.05, 4.69) is 17.1 Å². The van der Waals surface area contributed by atoms with E-state index in [0.717, 1.165) is 19.3 Å². The molecule has 0 bridgehead atoms. The molecular formula is C13H23N3O3S. The number of aliphatic hydroxyl groups is 1. The molecule has 1 aliphatic rings. The van der Waals surface area contributed by atoms with Crippen LogP contribution in [0, 0.1) is 12.8 Å². The maximum atomic E-state index is 12.7. The summed E-state index contributed by atoms with van der Waals surface area (Å²) >= 11 is 0. The number of hydrogen-bond donors (Lipinski definition) is 2. The van der Waals surface area contributed by atoms with E-state index in [1.807, 2.05) is 0 Å². The number of aromatic amines is 1. The van der Waals surface area contributed by atoms with Crippen LogP contribution in [0.4, 0.5) is 0 Å².